The molecule has 6 unspecified atom stereocenters. The third-order valence-corrected chi connectivity index (χ3v) is 12.7. The van der Waals surface area contributed by atoms with Crippen LogP contribution in [0, 0.1) is 42.3 Å². The fourth-order valence-electron chi connectivity index (χ4n) is 8.32. The number of aromatic amines is 1. The third kappa shape index (κ3) is 5.04. The van der Waals surface area contributed by atoms with E-state index in [2.05, 4.69) is 10.3 Å². The molecule has 3 aromatic carbocycles. The molecule has 4 aliphatic rings. The summed E-state index contributed by atoms with van der Waals surface area (Å²) in [6.07, 6.45) is 0.787. The van der Waals surface area contributed by atoms with Crippen molar-refractivity contribution in [2.24, 2.45) is 29.6 Å². The number of ether oxygens (including phenoxy) is 2. The molecule has 8 rings (SSSR count). The van der Waals surface area contributed by atoms with Crippen LogP contribution in [0.3, 0.4) is 0 Å². The Balaban J connectivity index is 1.10. The Morgan fingerprint density at radius 1 is 0.958 bits per heavy atom. The van der Waals surface area contributed by atoms with Gasteiger partial charge in [0.1, 0.15) is 5.82 Å². The normalized spacial score (nSPS) is 26.6. The molecular weight excluding hydrogens is 654 g/mol. The predicted octanol–water partition coefficient (Wildman–Crippen LogP) is 5.98. The Morgan fingerprint density at radius 2 is 1.69 bits per heavy atom. The number of halogens is 1. The molecule has 2 N–H and O–H groups in total. The van der Waals surface area contributed by atoms with Gasteiger partial charge in [-0.1, -0.05) is 35.1 Å². The van der Waals surface area contributed by atoms with Crippen molar-refractivity contribution >= 4 is 52.2 Å². The number of carbonyl (C=O) groups excluding carboxylic acids is 3. The first kappa shape index (κ1) is 30.9. The predicted molar refractivity (Wildman–Crippen MR) is 180 cm³/mol. The Kier molecular flexibility index (Phi) is 7.67. The first-order chi connectivity index (χ1) is 23.2. The lowest BCUT2D eigenvalue weighted by atomic mass is 9.68. The molecule has 9 nitrogen and oxygen atoms in total. The first-order valence-corrected chi connectivity index (χ1v) is 17.7. The molecule has 2 aliphatic heterocycles. The van der Waals surface area contributed by atoms with E-state index in [1.807, 2.05) is 50.2 Å². The highest BCUT2D eigenvalue weighted by molar-refractivity contribution is 8.00. The molecule has 3 heterocycles. The number of H-pyrrole nitrogens is 1. The van der Waals surface area contributed by atoms with Gasteiger partial charge in [-0.3, -0.25) is 24.1 Å². The summed E-state index contributed by atoms with van der Waals surface area (Å²) in [6, 6.07) is 18.6. The van der Waals surface area contributed by atoms with Gasteiger partial charge in [-0.15, -0.1) is 11.8 Å². The van der Waals surface area contributed by atoms with Crippen LogP contribution in [0.2, 0.25) is 0 Å². The number of carbonyl (C=O) groups is 3. The maximum absolute atomic E-state index is 14.0. The summed E-state index contributed by atoms with van der Waals surface area (Å²) in [5.74, 6) is -1.18. The largest absolute Gasteiger partial charge is 0.490 e. The highest BCUT2D eigenvalue weighted by Gasteiger charge is 2.69. The number of thioether (sulfide) groups is 1. The van der Waals surface area contributed by atoms with E-state index < -0.39 is 17.6 Å². The second-order valence-corrected chi connectivity index (χ2v) is 15.0. The number of nitrogens with one attached hydrogen (secondary N) is 2. The minimum absolute atomic E-state index is 0.00883. The van der Waals surface area contributed by atoms with Gasteiger partial charge < -0.3 is 19.8 Å². The SMILES string of the molecule is CCOc1cc([C@H]2c3sc(=O)[nH]c3SC3C4CC(C5C(=O)N(c6ccc(C)cc6)C(=O)C45)C32)ccc1OCC(=O)Nc1ccc(F)cc1. The Labute approximate surface area is 283 Å². The number of aromatic nitrogens is 1. The summed E-state index contributed by atoms with van der Waals surface area (Å²) in [5, 5.41) is 3.56. The summed E-state index contributed by atoms with van der Waals surface area (Å²) in [7, 11) is 0. The van der Waals surface area contributed by atoms with E-state index in [1.165, 1.54) is 40.5 Å². The Hall–Kier alpha value is -4.42. The molecule has 0 spiro atoms. The van der Waals surface area contributed by atoms with Crippen LogP contribution < -0.4 is 24.6 Å². The van der Waals surface area contributed by atoms with Crippen molar-refractivity contribution < 1.29 is 28.2 Å². The van der Waals surface area contributed by atoms with Crippen LogP contribution >= 0.6 is 23.1 Å². The van der Waals surface area contributed by atoms with Gasteiger partial charge in [-0.2, -0.15) is 0 Å². The van der Waals surface area contributed by atoms with E-state index in [9.17, 15) is 23.6 Å². The highest BCUT2D eigenvalue weighted by atomic mass is 32.2. The molecule has 2 bridgehead atoms. The maximum atomic E-state index is 14.0. The third-order valence-electron chi connectivity index (χ3n) is 10.1. The van der Waals surface area contributed by atoms with E-state index in [-0.39, 0.29) is 58.1 Å². The van der Waals surface area contributed by atoms with Crippen molar-refractivity contribution in [3.05, 3.63) is 98.2 Å². The van der Waals surface area contributed by atoms with Crippen LogP contribution in [0.1, 0.15) is 35.3 Å². The summed E-state index contributed by atoms with van der Waals surface area (Å²) in [6.45, 7) is 3.90. The number of imide groups is 1. The minimum Gasteiger partial charge on any atom is -0.490 e. The molecule has 4 aromatic rings. The Bertz CT molecular complexity index is 1990. The van der Waals surface area contributed by atoms with Gasteiger partial charge in [0.15, 0.2) is 18.1 Å². The lowest BCUT2D eigenvalue weighted by Crippen LogP contribution is -2.42. The fraction of sp³-hybridized carbons (Fsp3) is 0.333. The van der Waals surface area contributed by atoms with E-state index >= 15 is 0 Å². The first-order valence-electron chi connectivity index (χ1n) is 16.0. The fourth-order valence-corrected chi connectivity index (χ4v) is 11.2. The van der Waals surface area contributed by atoms with Crippen LogP contribution in [0.5, 0.6) is 11.5 Å². The lowest BCUT2D eigenvalue weighted by molar-refractivity contribution is -0.123. The number of anilines is 2. The zero-order valence-electron chi connectivity index (χ0n) is 26.1. The molecule has 246 valence electrons. The smallest absolute Gasteiger partial charge is 0.305 e. The topological polar surface area (TPSA) is 118 Å². The molecule has 1 saturated heterocycles. The number of amides is 3. The Morgan fingerprint density at radius 3 is 2.42 bits per heavy atom. The van der Waals surface area contributed by atoms with E-state index in [0.29, 0.717) is 29.5 Å². The van der Waals surface area contributed by atoms with Crippen molar-refractivity contribution in [2.45, 2.75) is 36.5 Å². The second kappa shape index (κ2) is 11.9. The summed E-state index contributed by atoms with van der Waals surface area (Å²) in [4.78, 5) is 58.5. The van der Waals surface area contributed by atoms with Crippen molar-refractivity contribution in [3.63, 3.8) is 0 Å². The van der Waals surface area contributed by atoms with Crippen molar-refractivity contribution in [2.75, 3.05) is 23.4 Å². The summed E-state index contributed by atoms with van der Waals surface area (Å²) < 4.78 is 25.1. The number of nitrogens with zero attached hydrogens (tertiary/aromatic N) is 1. The van der Waals surface area contributed by atoms with Crippen molar-refractivity contribution in [1.82, 2.24) is 4.98 Å². The van der Waals surface area contributed by atoms with E-state index in [4.69, 9.17) is 9.47 Å². The number of rotatable bonds is 8. The number of fused-ring (bicyclic) bond motifs is 9. The summed E-state index contributed by atoms with van der Waals surface area (Å²) >= 11 is 2.83. The quantitative estimate of drug-likeness (QED) is 0.219. The van der Waals surface area contributed by atoms with Crippen LogP contribution in [-0.4, -0.2) is 41.2 Å². The lowest BCUT2D eigenvalue weighted by Gasteiger charge is -2.43. The zero-order valence-corrected chi connectivity index (χ0v) is 27.7. The van der Waals surface area contributed by atoms with Crippen LogP contribution in [0.15, 0.2) is 76.6 Å². The number of aryl methyl sites for hydroxylation is 1. The van der Waals surface area contributed by atoms with E-state index in [0.717, 1.165) is 27.5 Å². The van der Waals surface area contributed by atoms with E-state index in [1.54, 1.807) is 17.8 Å². The van der Waals surface area contributed by atoms with Crippen LogP contribution in [-0.2, 0) is 14.4 Å². The molecule has 1 aromatic heterocycles. The highest BCUT2D eigenvalue weighted by Crippen LogP contribution is 2.68. The molecule has 3 fully saturated rings. The molecule has 2 saturated carbocycles. The van der Waals surface area contributed by atoms with Gasteiger partial charge in [0, 0.05) is 21.7 Å². The van der Waals surface area contributed by atoms with Gasteiger partial charge in [-0.25, -0.2) is 4.39 Å². The van der Waals surface area contributed by atoms with Gasteiger partial charge in [0.2, 0.25) is 11.8 Å². The zero-order chi connectivity index (χ0) is 33.3. The molecule has 3 amide bonds. The molecule has 7 atom stereocenters. The van der Waals surface area contributed by atoms with Crippen LogP contribution in [0.4, 0.5) is 15.8 Å². The van der Waals surface area contributed by atoms with Gasteiger partial charge in [-0.05, 0) is 92.1 Å². The number of hydrogen-bond acceptors (Lipinski definition) is 8. The minimum atomic E-state index is -0.408. The van der Waals surface area contributed by atoms with Gasteiger partial charge >= 0.3 is 4.87 Å². The summed E-state index contributed by atoms with van der Waals surface area (Å²) in [5.41, 5.74) is 3.04. The number of benzene rings is 3. The number of hydrogen-bond donors (Lipinski definition) is 2. The molecule has 2 aliphatic carbocycles. The van der Waals surface area contributed by atoms with Crippen LogP contribution in [0.25, 0.3) is 0 Å². The maximum Gasteiger partial charge on any atom is 0.305 e. The molecule has 0 radical (unpaired) electrons. The van der Waals surface area contributed by atoms with Crippen molar-refractivity contribution in [3.8, 4) is 11.5 Å². The monoisotopic (exact) mass is 685 g/mol. The van der Waals surface area contributed by atoms with Gasteiger partial charge in [0.25, 0.3) is 5.91 Å². The number of thiazole rings is 1. The standard InChI is InChI=1S/C36H32FN3O6S2/c1-3-45-25-14-18(6-13-24(25)46-16-26(41)38-20-9-7-19(37)8-10-20)27-28-22-15-23(31(28)47-33-32(27)48-36(44)39-33)30-29(22)34(42)40(35(30)43)21-11-4-17(2)5-12-21/h4-14,22-23,27-31H,3,15-16H2,1-2H3,(H,38,41)(H,39,44)/t22?,23?,27-,28?,29?,30?,31?/m1/s1. The average Bonchev–Trinajstić information content (AvgIpc) is 3.81. The molecule has 48 heavy (non-hydrogen) atoms. The molecular formula is C36H32FN3O6S2. The molecule has 12 heteroatoms. The average molecular weight is 686 g/mol. The second-order valence-electron chi connectivity index (χ2n) is 12.8. The van der Waals surface area contributed by atoms with Crippen molar-refractivity contribution in [1.29, 1.82) is 0 Å². The van der Waals surface area contributed by atoms with Gasteiger partial charge in [0.05, 0.1) is 29.2 Å².